The Kier molecular flexibility index (Phi) is 5.98. The van der Waals surface area contributed by atoms with Crippen molar-refractivity contribution in [1.29, 1.82) is 0 Å². The average molecular weight is 475 g/mol. The Bertz CT molecular complexity index is 911. The second kappa shape index (κ2) is 8.42. The highest BCUT2D eigenvalue weighted by Gasteiger charge is 2.65. The Balaban J connectivity index is 0.00000228. The van der Waals surface area contributed by atoms with E-state index in [-0.39, 0.29) is 41.4 Å². The number of nitrogens with zero attached hydrogens (tertiary/aromatic N) is 2. The number of hydrogen-bond acceptors (Lipinski definition) is 5. The van der Waals surface area contributed by atoms with E-state index in [1.54, 1.807) is 0 Å². The summed E-state index contributed by atoms with van der Waals surface area (Å²) in [6.07, 6.45) is 6.00. The third kappa shape index (κ3) is 3.88. The maximum Gasteiger partial charge on any atom is 0.310 e. The molecular weight excluding hydrogens is 436 g/mol. The molecule has 182 valence electrons. The van der Waals surface area contributed by atoms with Gasteiger partial charge in [-0.2, -0.15) is 0 Å². The van der Waals surface area contributed by atoms with E-state index in [1.165, 1.54) is 36.1 Å². The SMILES string of the molecule is Cc1cccc(N2CCN(CC3C(=O)O[C@@H]4C[C@@]5(C)CCC[C@]6(CO6)C5C[C@H]34)CC2)c1C.Cl. The van der Waals surface area contributed by atoms with Gasteiger partial charge in [-0.15, -0.1) is 12.4 Å². The summed E-state index contributed by atoms with van der Waals surface area (Å²) in [6.45, 7) is 12.7. The van der Waals surface area contributed by atoms with Crippen molar-refractivity contribution in [2.45, 2.75) is 64.6 Å². The molecule has 0 bridgehead atoms. The molecule has 5 aliphatic rings. The second-order valence-electron chi connectivity index (χ2n) is 11.6. The van der Waals surface area contributed by atoms with Gasteiger partial charge in [0, 0.05) is 44.3 Å². The fourth-order valence-corrected chi connectivity index (χ4v) is 7.69. The summed E-state index contributed by atoms with van der Waals surface area (Å²) in [7, 11) is 0. The first-order chi connectivity index (χ1) is 15.4. The number of aryl methyl sites for hydroxylation is 1. The van der Waals surface area contributed by atoms with Crippen molar-refractivity contribution in [3.8, 4) is 0 Å². The molecule has 3 saturated heterocycles. The number of anilines is 1. The summed E-state index contributed by atoms with van der Waals surface area (Å²) in [5.74, 6) is 1.07. The van der Waals surface area contributed by atoms with E-state index < -0.39 is 0 Å². The number of carbonyl (C=O) groups is 1. The molecule has 6 rings (SSSR count). The maximum atomic E-state index is 13.0. The van der Waals surface area contributed by atoms with Gasteiger partial charge in [-0.1, -0.05) is 19.1 Å². The molecule has 6 heteroatoms. The maximum absolute atomic E-state index is 13.0. The first-order valence-corrected chi connectivity index (χ1v) is 12.8. The summed E-state index contributed by atoms with van der Waals surface area (Å²) < 4.78 is 12.1. The van der Waals surface area contributed by atoms with Crippen LogP contribution >= 0.6 is 12.4 Å². The smallest absolute Gasteiger partial charge is 0.310 e. The predicted octanol–water partition coefficient (Wildman–Crippen LogP) is 4.37. The molecule has 3 aliphatic heterocycles. The Morgan fingerprint density at radius 3 is 2.61 bits per heavy atom. The van der Waals surface area contributed by atoms with Gasteiger partial charge in [0.1, 0.15) is 6.10 Å². The van der Waals surface area contributed by atoms with Crippen LogP contribution in [-0.2, 0) is 14.3 Å². The van der Waals surface area contributed by atoms with E-state index in [1.807, 2.05) is 0 Å². The molecular formula is C27H39ClN2O3. The van der Waals surface area contributed by atoms with Crippen LogP contribution in [-0.4, -0.2) is 61.9 Å². The molecule has 6 atom stereocenters. The molecule has 0 radical (unpaired) electrons. The van der Waals surface area contributed by atoms with Gasteiger partial charge < -0.3 is 14.4 Å². The normalized spacial score (nSPS) is 40.1. The number of rotatable bonds is 3. The van der Waals surface area contributed by atoms with Crippen molar-refractivity contribution < 1.29 is 14.3 Å². The second-order valence-corrected chi connectivity index (χ2v) is 11.6. The monoisotopic (exact) mass is 474 g/mol. The van der Waals surface area contributed by atoms with E-state index in [2.05, 4.69) is 48.8 Å². The molecule has 2 saturated carbocycles. The molecule has 0 amide bonds. The van der Waals surface area contributed by atoms with Crippen molar-refractivity contribution in [1.82, 2.24) is 4.90 Å². The van der Waals surface area contributed by atoms with Crippen LogP contribution in [0.3, 0.4) is 0 Å². The molecule has 2 unspecified atom stereocenters. The fraction of sp³-hybridized carbons (Fsp3) is 0.741. The van der Waals surface area contributed by atoms with Gasteiger partial charge in [0.2, 0.25) is 0 Å². The van der Waals surface area contributed by atoms with E-state index in [0.29, 0.717) is 11.8 Å². The first-order valence-electron chi connectivity index (χ1n) is 12.8. The molecule has 1 aromatic carbocycles. The van der Waals surface area contributed by atoms with Crippen molar-refractivity contribution in [3.05, 3.63) is 29.3 Å². The predicted molar refractivity (Wildman–Crippen MR) is 132 cm³/mol. The lowest BCUT2D eigenvalue weighted by Crippen LogP contribution is -2.52. The van der Waals surface area contributed by atoms with Gasteiger partial charge in [0.05, 0.1) is 18.1 Å². The van der Waals surface area contributed by atoms with E-state index in [9.17, 15) is 4.79 Å². The minimum absolute atomic E-state index is 0. The number of fused-ring (bicyclic) bond motifs is 3. The van der Waals surface area contributed by atoms with Crippen LogP contribution in [0, 0.1) is 37.0 Å². The van der Waals surface area contributed by atoms with E-state index in [4.69, 9.17) is 9.47 Å². The highest BCUT2D eigenvalue weighted by Crippen LogP contribution is 2.62. The summed E-state index contributed by atoms with van der Waals surface area (Å²) in [4.78, 5) is 18.0. The molecule has 1 aromatic rings. The highest BCUT2D eigenvalue weighted by molar-refractivity contribution is 5.85. The Morgan fingerprint density at radius 1 is 1.12 bits per heavy atom. The number of epoxide rings is 1. The summed E-state index contributed by atoms with van der Waals surface area (Å²) in [5, 5.41) is 0. The fourth-order valence-electron chi connectivity index (χ4n) is 7.69. The van der Waals surface area contributed by atoms with Crippen LogP contribution in [0.1, 0.15) is 50.2 Å². The van der Waals surface area contributed by atoms with Crippen LogP contribution in [0.25, 0.3) is 0 Å². The van der Waals surface area contributed by atoms with Crippen molar-refractivity contribution in [3.63, 3.8) is 0 Å². The lowest BCUT2D eigenvalue weighted by atomic mass is 9.53. The number of benzene rings is 1. The Morgan fingerprint density at radius 2 is 1.88 bits per heavy atom. The zero-order valence-corrected chi connectivity index (χ0v) is 21.2. The third-order valence-corrected chi connectivity index (χ3v) is 9.82. The molecule has 0 N–H and O–H groups in total. The minimum Gasteiger partial charge on any atom is -0.462 e. The number of piperazine rings is 1. The molecule has 2 aliphatic carbocycles. The van der Waals surface area contributed by atoms with Crippen LogP contribution in [0.15, 0.2) is 18.2 Å². The molecule has 1 spiro atoms. The standard InChI is InChI=1S/C27H38N2O3.ClH/c1-18-6-4-7-22(19(18)2)29-12-10-28(11-13-29)16-21-20-14-24-26(3,15-23(20)32-25(21)30)8-5-9-27(24)17-31-27;/h4,6-7,20-21,23-24H,5,8-17H2,1-3H3;1H/t20-,21?,23-,24?,26-,27+;/m1./s1. The molecule has 33 heavy (non-hydrogen) atoms. The largest absolute Gasteiger partial charge is 0.462 e. The van der Waals surface area contributed by atoms with Crippen LogP contribution in [0.2, 0.25) is 0 Å². The lowest BCUT2D eigenvalue weighted by molar-refractivity contribution is -0.147. The zero-order chi connectivity index (χ0) is 22.1. The highest BCUT2D eigenvalue weighted by atomic mass is 35.5. The van der Waals surface area contributed by atoms with Crippen molar-refractivity contribution in [2.24, 2.45) is 23.2 Å². The van der Waals surface area contributed by atoms with Gasteiger partial charge in [-0.3, -0.25) is 9.69 Å². The number of halogens is 1. The number of carbonyl (C=O) groups excluding carboxylic acids is 1. The summed E-state index contributed by atoms with van der Waals surface area (Å²) in [6, 6.07) is 6.60. The third-order valence-electron chi connectivity index (χ3n) is 9.82. The van der Waals surface area contributed by atoms with Crippen molar-refractivity contribution in [2.75, 3.05) is 44.2 Å². The van der Waals surface area contributed by atoms with E-state index >= 15 is 0 Å². The lowest BCUT2D eigenvalue weighted by Gasteiger charge is -2.51. The number of ether oxygens (including phenoxy) is 2. The van der Waals surface area contributed by atoms with Gasteiger partial charge in [-0.05, 0) is 74.5 Å². The van der Waals surface area contributed by atoms with Gasteiger partial charge in [0.15, 0.2) is 0 Å². The van der Waals surface area contributed by atoms with Gasteiger partial charge >= 0.3 is 5.97 Å². The summed E-state index contributed by atoms with van der Waals surface area (Å²) >= 11 is 0. The molecule has 5 nitrogen and oxygen atoms in total. The first kappa shape index (κ1) is 23.4. The van der Waals surface area contributed by atoms with Gasteiger partial charge in [-0.25, -0.2) is 0 Å². The van der Waals surface area contributed by atoms with Crippen LogP contribution in [0.5, 0.6) is 0 Å². The topological polar surface area (TPSA) is 45.3 Å². The van der Waals surface area contributed by atoms with Crippen LogP contribution < -0.4 is 4.90 Å². The quantitative estimate of drug-likeness (QED) is 0.480. The number of hydrogen-bond donors (Lipinski definition) is 0. The average Bonchev–Trinajstić information content (AvgIpc) is 3.47. The molecule has 5 fully saturated rings. The summed E-state index contributed by atoms with van der Waals surface area (Å²) in [5.41, 5.74) is 4.52. The van der Waals surface area contributed by atoms with Crippen LogP contribution in [0.4, 0.5) is 5.69 Å². The molecule has 3 heterocycles. The number of esters is 1. The minimum atomic E-state index is 0. The van der Waals surface area contributed by atoms with Crippen molar-refractivity contribution >= 4 is 24.1 Å². The zero-order valence-electron chi connectivity index (χ0n) is 20.3. The Labute approximate surface area is 204 Å². The Hall–Kier alpha value is -1.30. The van der Waals surface area contributed by atoms with Gasteiger partial charge in [0.25, 0.3) is 0 Å². The van der Waals surface area contributed by atoms with E-state index in [0.717, 1.165) is 52.2 Å². The molecule has 0 aromatic heterocycles.